The smallest absolute Gasteiger partial charge is 0.339 e. The number of rotatable bonds is 2. The summed E-state index contributed by atoms with van der Waals surface area (Å²) < 4.78 is 4.91. The third-order valence-corrected chi connectivity index (χ3v) is 2.50. The molecular formula is C12H13N3O3. The standard InChI is InChI=1S/C12H13N3O3/c1-4-18-12(17)8-5-9-10(13-6(8)2)14-7(3)15-11(9)16/h5H,4H2,1-3H3,(H,13,14,15,16). The van der Waals surface area contributed by atoms with E-state index in [1.807, 2.05) is 0 Å². The van der Waals surface area contributed by atoms with Crippen LogP contribution < -0.4 is 5.56 Å². The number of pyridine rings is 1. The van der Waals surface area contributed by atoms with Gasteiger partial charge >= 0.3 is 5.97 Å². The van der Waals surface area contributed by atoms with E-state index in [0.29, 0.717) is 22.7 Å². The lowest BCUT2D eigenvalue weighted by Crippen LogP contribution is -2.14. The van der Waals surface area contributed by atoms with Crippen molar-refractivity contribution in [3.05, 3.63) is 33.5 Å². The van der Waals surface area contributed by atoms with Crippen LogP contribution in [0.2, 0.25) is 0 Å². The summed E-state index contributed by atoms with van der Waals surface area (Å²) in [6.45, 7) is 5.36. The maximum atomic E-state index is 11.8. The molecule has 6 heteroatoms. The lowest BCUT2D eigenvalue weighted by atomic mass is 10.1. The minimum atomic E-state index is -0.482. The molecule has 18 heavy (non-hydrogen) atoms. The number of fused-ring (bicyclic) bond motifs is 1. The normalized spacial score (nSPS) is 10.6. The van der Waals surface area contributed by atoms with Crippen LogP contribution in [0.3, 0.4) is 0 Å². The van der Waals surface area contributed by atoms with Crippen molar-refractivity contribution in [2.75, 3.05) is 6.61 Å². The number of carbonyl (C=O) groups is 1. The molecule has 0 unspecified atom stereocenters. The molecule has 0 fully saturated rings. The van der Waals surface area contributed by atoms with Gasteiger partial charge in [0.15, 0.2) is 5.65 Å². The minimum absolute atomic E-state index is 0.277. The van der Waals surface area contributed by atoms with Crippen LogP contribution in [-0.4, -0.2) is 27.5 Å². The number of aromatic amines is 1. The molecule has 0 amide bonds. The highest BCUT2D eigenvalue weighted by atomic mass is 16.5. The van der Waals surface area contributed by atoms with Crippen molar-refractivity contribution in [3.63, 3.8) is 0 Å². The van der Waals surface area contributed by atoms with E-state index in [1.165, 1.54) is 6.07 Å². The second kappa shape index (κ2) is 4.56. The van der Waals surface area contributed by atoms with Crippen LogP contribution in [-0.2, 0) is 4.74 Å². The number of hydrogen-bond acceptors (Lipinski definition) is 5. The molecule has 0 saturated carbocycles. The Kier molecular flexibility index (Phi) is 3.10. The Morgan fingerprint density at radius 3 is 2.78 bits per heavy atom. The van der Waals surface area contributed by atoms with Crippen molar-refractivity contribution in [1.29, 1.82) is 0 Å². The van der Waals surface area contributed by atoms with Gasteiger partial charge in [-0.3, -0.25) is 4.79 Å². The number of aryl methyl sites for hydroxylation is 2. The highest BCUT2D eigenvalue weighted by molar-refractivity contribution is 5.94. The zero-order chi connectivity index (χ0) is 13.3. The second-order valence-electron chi connectivity index (χ2n) is 3.86. The van der Waals surface area contributed by atoms with Crippen LogP contribution in [0.4, 0.5) is 0 Å². The van der Waals surface area contributed by atoms with Crippen molar-refractivity contribution < 1.29 is 9.53 Å². The van der Waals surface area contributed by atoms with Crippen LogP contribution in [0, 0.1) is 13.8 Å². The number of nitrogens with zero attached hydrogens (tertiary/aromatic N) is 2. The predicted octanol–water partition coefficient (Wildman–Crippen LogP) is 1.11. The van der Waals surface area contributed by atoms with Gasteiger partial charge in [-0.25, -0.2) is 14.8 Å². The number of carbonyl (C=O) groups excluding carboxylic acids is 1. The van der Waals surface area contributed by atoms with Crippen molar-refractivity contribution in [1.82, 2.24) is 15.0 Å². The van der Waals surface area contributed by atoms with Crippen LogP contribution in [0.15, 0.2) is 10.9 Å². The first-order valence-electron chi connectivity index (χ1n) is 5.58. The van der Waals surface area contributed by atoms with Gasteiger partial charge < -0.3 is 9.72 Å². The fourth-order valence-corrected chi connectivity index (χ4v) is 1.68. The van der Waals surface area contributed by atoms with Gasteiger partial charge in [0.1, 0.15) is 5.82 Å². The molecule has 2 rings (SSSR count). The van der Waals surface area contributed by atoms with Gasteiger partial charge in [0.2, 0.25) is 0 Å². The van der Waals surface area contributed by atoms with Crippen LogP contribution >= 0.6 is 0 Å². The Hall–Kier alpha value is -2.24. The molecule has 0 atom stereocenters. The number of ether oxygens (including phenoxy) is 1. The minimum Gasteiger partial charge on any atom is -0.462 e. The van der Waals surface area contributed by atoms with E-state index in [1.54, 1.807) is 20.8 Å². The fourth-order valence-electron chi connectivity index (χ4n) is 1.68. The van der Waals surface area contributed by atoms with Gasteiger partial charge in [-0.2, -0.15) is 0 Å². The Balaban J connectivity index is 2.68. The summed E-state index contributed by atoms with van der Waals surface area (Å²) in [5.74, 6) is 0.00709. The maximum absolute atomic E-state index is 11.8. The van der Waals surface area contributed by atoms with Crippen molar-refractivity contribution >= 4 is 17.0 Å². The van der Waals surface area contributed by atoms with Crippen LogP contribution in [0.5, 0.6) is 0 Å². The molecule has 2 aromatic rings. The first kappa shape index (κ1) is 12.2. The predicted molar refractivity (Wildman–Crippen MR) is 65.6 cm³/mol. The number of H-pyrrole nitrogens is 1. The molecule has 1 N–H and O–H groups in total. The Morgan fingerprint density at radius 2 is 2.11 bits per heavy atom. The zero-order valence-electron chi connectivity index (χ0n) is 10.4. The Labute approximate surface area is 103 Å². The van der Waals surface area contributed by atoms with Gasteiger partial charge in [-0.15, -0.1) is 0 Å². The lowest BCUT2D eigenvalue weighted by Gasteiger charge is -2.06. The number of esters is 1. The molecule has 2 aromatic heterocycles. The summed E-state index contributed by atoms with van der Waals surface area (Å²) >= 11 is 0. The fraction of sp³-hybridized carbons (Fsp3) is 0.333. The first-order valence-corrected chi connectivity index (χ1v) is 5.58. The van der Waals surface area contributed by atoms with Gasteiger partial charge in [0.05, 0.1) is 23.3 Å². The van der Waals surface area contributed by atoms with E-state index in [4.69, 9.17) is 4.74 Å². The van der Waals surface area contributed by atoms with E-state index < -0.39 is 5.97 Å². The average molecular weight is 247 g/mol. The Morgan fingerprint density at radius 1 is 1.39 bits per heavy atom. The quantitative estimate of drug-likeness (QED) is 0.803. The molecule has 6 nitrogen and oxygen atoms in total. The first-order chi connectivity index (χ1) is 8.52. The molecule has 0 aliphatic rings. The summed E-state index contributed by atoms with van der Waals surface area (Å²) in [6, 6.07) is 1.47. The molecule has 0 aliphatic carbocycles. The van der Waals surface area contributed by atoms with Crippen LogP contribution in [0.1, 0.15) is 28.8 Å². The largest absolute Gasteiger partial charge is 0.462 e. The zero-order valence-corrected chi connectivity index (χ0v) is 10.4. The average Bonchev–Trinajstić information content (AvgIpc) is 2.27. The van der Waals surface area contributed by atoms with Gasteiger partial charge in [0, 0.05) is 0 Å². The maximum Gasteiger partial charge on any atom is 0.339 e. The second-order valence-corrected chi connectivity index (χ2v) is 3.86. The highest BCUT2D eigenvalue weighted by Gasteiger charge is 2.14. The van der Waals surface area contributed by atoms with Gasteiger partial charge in [-0.05, 0) is 26.8 Å². The van der Waals surface area contributed by atoms with Gasteiger partial charge in [0.25, 0.3) is 5.56 Å². The summed E-state index contributed by atoms with van der Waals surface area (Å²) in [6.07, 6.45) is 0. The molecule has 2 heterocycles. The SMILES string of the molecule is CCOC(=O)c1cc2c(=O)[nH]c(C)nc2nc1C. The monoisotopic (exact) mass is 247 g/mol. The molecule has 0 spiro atoms. The van der Waals surface area contributed by atoms with Crippen molar-refractivity contribution in [3.8, 4) is 0 Å². The van der Waals surface area contributed by atoms with E-state index in [9.17, 15) is 9.59 Å². The highest BCUT2D eigenvalue weighted by Crippen LogP contribution is 2.13. The van der Waals surface area contributed by atoms with Gasteiger partial charge in [-0.1, -0.05) is 0 Å². The van der Waals surface area contributed by atoms with Crippen molar-refractivity contribution in [2.45, 2.75) is 20.8 Å². The molecular weight excluding hydrogens is 234 g/mol. The summed E-state index contributed by atoms with van der Waals surface area (Å²) in [5, 5.41) is 0.286. The third-order valence-electron chi connectivity index (χ3n) is 2.50. The number of aromatic nitrogens is 3. The molecule has 0 saturated heterocycles. The number of nitrogens with one attached hydrogen (secondary N) is 1. The van der Waals surface area contributed by atoms with E-state index >= 15 is 0 Å². The lowest BCUT2D eigenvalue weighted by molar-refractivity contribution is 0.0525. The molecule has 0 aliphatic heterocycles. The molecule has 94 valence electrons. The van der Waals surface area contributed by atoms with Crippen LogP contribution in [0.25, 0.3) is 11.0 Å². The van der Waals surface area contributed by atoms with E-state index in [2.05, 4.69) is 15.0 Å². The van der Waals surface area contributed by atoms with E-state index in [0.717, 1.165) is 0 Å². The van der Waals surface area contributed by atoms with E-state index in [-0.39, 0.29) is 17.6 Å². The number of hydrogen-bond donors (Lipinski definition) is 1. The topological polar surface area (TPSA) is 84.9 Å². The Bertz CT molecular complexity index is 676. The van der Waals surface area contributed by atoms with Crippen molar-refractivity contribution in [2.24, 2.45) is 0 Å². The molecule has 0 aromatic carbocycles. The summed E-state index contributed by atoms with van der Waals surface area (Å²) in [7, 11) is 0. The molecule has 0 radical (unpaired) electrons. The molecule has 0 bridgehead atoms. The summed E-state index contributed by atoms with van der Waals surface area (Å²) in [5.41, 5.74) is 0.816. The summed E-state index contributed by atoms with van der Waals surface area (Å²) in [4.78, 5) is 34.3. The third kappa shape index (κ3) is 2.09.